The van der Waals surface area contributed by atoms with Gasteiger partial charge in [0.2, 0.25) is 15.9 Å². The van der Waals surface area contributed by atoms with Crippen LogP contribution in [0.4, 0.5) is 5.69 Å². The lowest BCUT2D eigenvalue weighted by Gasteiger charge is -2.35. The van der Waals surface area contributed by atoms with E-state index in [1.807, 2.05) is 54.6 Å². The lowest BCUT2D eigenvalue weighted by molar-refractivity contribution is -0.120. The molecule has 0 aliphatic carbocycles. The van der Waals surface area contributed by atoms with E-state index >= 15 is 0 Å². The third-order valence-corrected chi connectivity index (χ3v) is 7.11. The molecule has 0 radical (unpaired) electrons. The van der Waals surface area contributed by atoms with Gasteiger partial charge in [-0.25, -0.2) is 8.42 Å². The second kappa shape index (κ2) is 10.1. The summed E-state index contributed by atoms with van der Waals surface area (Å²) in [6.45, 7) is 2.27. The normalized spacial score (nSPS) is 15.3. The molecule has 6 nitrogen and oxygen atoms in total. The Hall–Kier alpha value is -2.09. The number of anilines is 1. The first-order valence-corrected chi connectivity index (χ1v) is 11.7. The molecule has 1 N–H and O–H groups in total. The molecule has 2 aromatic carbocycles. The Morgan fingerprint density at radius 2 is 1.62 bits per heavy atom. The summed E-state index contributed by atoms with van der Waals surface area (Å²) in [6, 6.07) is 17.3. The number of halogens is 1. The lowest BCUT2D eigenvalue weighted by atomic mass is 10.1. The predicted molar refractivity (Wildman–Crippen MR) is 117 cm³/mol. The van der Waals surface area contributed by atoms with Crippen molar-refractivity contribution in [3.8, 4) is 0 Å². The highest BCUT2D eigenvalue weighted by molar-refractivity contribution is 7.89. The van der Waals surface area contributed by atoms with Gasteiger partial charge >= 0.3 is 0 Å². The molecule has 29 heavy (non-hydrogen) atoms. The van der Waals surface area contributed by atoms with Crippen molar-refractivity contribution >= 4 is 33.2 Å². The van der Waals surface area contributed by atoms with Crippen LogP contribution in [0.15, 0.2) is 54.6 Å². The number of sulfonamides is 1. The number of rotatable bonds is 8. The molecule has 3 rings (SSSR count). The molecule has 1 aliphatic rings. The number of aryl methyl sites for hydroxylation is 1. The van der Waals surface area contributed by atoms with E-state index in [2.05, 4.69) is 10.2 Å². The molecule has 0 bridgehead atoms. The van der Waals surface area contributed by atoms with Crippen LogP contribution in [0.1, 0.15) is 12.0 Å². The minimum absolute atomic E-state index is 0.0784. The number of amides is 1. The zero-order valence-corrected chi connectivity index (χ0v) is 17.8. The summed E-state index contributed by atoms with van der Waals surface area (Å²) >= 11 is 5.92. The quantitative estimate of drug-likeness (QED) is 0.691. The second-order valence-electron chi connectivity index (χ2n) is 7.01. The monoisotopic (exact) mass is 435 g/mol. The first-order valence-electron chi connectivity index (χ1n) is 9.73. The van der Waals surface area contributed by atoms with E-state index in [9.17, 15) is 13.2 Å². The average Bonchev–Trinajstić information content (AvgIpc) is 2.73. The van der Waals surface area contributed by atoms with Gasteiger partial charge in [0.1, 0.15) is 0 Å². The van der Waals surface area contributed by atoms with E-state index in [0.717, 1.165) is 11.3 Å². The minimum atomic E-state index is -3.39. The van der Waals surface area contributed by atoms with Gasteiger partial charge in [-0.1, -0.05) is 41.9 Å². The van der Waals surface area contributed by atoms with Gasteiger partial charge in [0, 0.05) is 49.9 Å². The zero-order chi connectivity index (χ0) is 20.7. The lowest BCUT2D eigenvalue weighted by Crippen LogP contribution is -2.50. The molecule has 1 saturated heterocycles. The van der Waals surface area contributed by atoms with Crippen LogP contribution in [0.2, 0.25) is 5.02 Å². The van der Waals surface area contributed by atoms with Crippen LogP contribution < -0.4 is 10.2 Å². The maximum atomic E-state index is 12.6. The molecule has 0 spiro atoms. The van der Waals surface area contributed by atoms with Crippen LogP contribution >= 0.6 is 11.6 Å². The van der Waals surface area contributed by atoms with Crippen LogP contribution in [0, 0.1) is 0 Å². The number of carbonyl (C=O) groups is 1. The number of hydrogen-bond donors (Lipinski definition) is 1. The van der Waals surface area contributed by atoms with Crippen molar-refractivity contribution in [3.05, 3.63) is 65.2 Å². The van der Waals surface area contributed by atoms with Gasteiger partial charge in [-0.05, 0) is 36.2 Å². The standard InChI is InChI=1S/C21H26ClN3O3S/c22-19-7-9-20(10-8-19)24-13-15-25(16-14-24)29(27,28)17-12-23-21(26)11-6-18-4-2-1-3-5-18/h1-5,7-10H,6,11-17H2,(H,23,26). The smallest absolute Gasteiger partial charge is 0.220 e. The van der Waals surface area contributed by atoms with E-state index in [1.165, 1.54) is 4.31 Å². The Labute approximate surface area is 177 Å². The van der Waals surface area contributed by atoms with E-state index in [4.69, 9.17) is 11.6 Å². The summed E-state index contributed by atoms with van der Waals surface area (Å²) in [5, 5.41) is 3.40. The van der Waals surface area contributed by atoms with Gasteiger partial charge in [0.05, 0.1) is 5.75 Å². The topological polar surface area (TPSA) is 69.7 Å². The number of piperazine rings is 1. The Morgan fingerprint density at radius 1 is 0.966 bits per heavy atom. The Bertz CT molecular complexity index is 897. The van der Waals surface area contributed by atoms with E-state index in [1.54, 1.807) is 0 Å². The molecule has 1 amide bonds. The molecule has 156 valence electrons. The van der Waals surface area contributed by atoms with Crippen LogP contribution in [0.5, 0.6) is 0 Å². The van der Waals surface area contributed by atoms with Crippen molar-refractivity contribution in [2.24, 2.45) is 0 Å². The molecule has 1 fully saturated rings. The first kappa shape index (κ1) is 21.6. The summed E-state index contributed by atoms with van der Waals surface area (Å²) in [7, 11) is -3.39. The summed E-state index contributed by atoms with van der Waals surface area (Å²) in [4.78, 5) is 14.1. The maximum Gasteiger partial charge on any atom is 0.220 e. The summed E-state index contributed by atoms with van der Waals surface area (Å²) in [5.74, 6) is -0.206. The third-order valence-electron chi connectivity index (χ3n) is 4.99. The Balaban J connectivity index is 1.39. The molecule has 0 atom stereocenters. The van der Waals surface area contributed by atoms with Gasteiger partial charge in [-0.3, -0.25) is 4.79 Å². The van der Waals surface area contributed by atoms with Crippen molar-refractivity contribution < 1.29 is 13.2 Å². The summed E-state index contributed by atoms with van der Waals surface area (Å²) in [5.41, 5.74) is 2.13. The van der Waals surface area contributed by atoms with Crippen molar-refractivity contribution in [1.82, 2.24) is 9.62 Å². The molecular formula is C21H26ClN3O3S. The highest BCUT2D eigenvalue weighted by Crippen LogP contribution is 2.20. The van der Waals surface area contributed by atoms with Gasteiger partial charge < -0.3 is 10.2 Å². The average molecular weight is 436 g/mol. The van der Waals surface area contributed by atoms with Crippen LogP contribution in [0.25, 0.3) is 0 Å². The highest BCUT2D eigenvalue weighted by Gasteiger charge is 2.26. The van der Waals surface area contributed by atoms with E-state index in [-0.39, 0.29) is 18.2 Å². The van der Waals surface area contributed by atoms with Crippen molar-refractivity contribution in [2.75, 3.05) is 43.4 Å². The third kappa shape index (κ3) is 6.45. The Kier molecular flexibility index (Phi) is 7.52. The van der Waals surface area contributed by atoms with E-state index < -0.39 is 10.0 Å². The minimum Gasteiger partial charge on any atom is -0.369 e. The number of carbonyl (C=O) groups excluding carboxylic acids is 1. The predicted octanol–water partition coefficient (Wildman–Crippen LogP) is 2.54. The molecule has 1 aliphatic heterocycles. The van der Waals surface area contributed by atoms with Gasteiger partial charge in [0.15, 0.2) is 0 Å². The number of nitrogens with one attached hydrogen (secondary N) is 1. The zero-order valence-electron chi connectivity index (χ0n) is 16.3. The largest absolute Gasteiger partial charge is 0.369 e. The van der Waals surface area contributed by atoms with Gasteiger partial charge in [-0.2, -0.15) is 4.31 Å². The molecule has 8 heteroatoms. The molecule has 0 aromatic heterocycles. The van der Waals surface area contributed by atoms with E-state index in [0.29, 0.717) is 44.0 Å². The van der Waals surface area contributed by atoms with Crippen LogP contribution in [-0.2, 0) is 21.2 Å². The molecule has 1 heterocycles. The Morgan fingerprint density at radius 3 is 2.28 bits per heavy atom. The maximum absolute atomic E-state index is 12.6. The number of nitrogens with zero attached hydrogens (tertiary/aromatic N) is 2. The molecule has 2 aromatic rings. The number of hydrogen-bond acceptors (Lipinski definition) is 4. The SMILES string of the molecule is O=C(CCc1ccccc1)NCCS(=O)(=O)N1CCN(c2ccc(Cl)cc2)CC1. The first-order chi connectivity index (χ1) is 13.9. The second-order valence-corrected chi connectivity index (χ2v) is 9.54. The molecular weight excluding hydrogens is 410 g/mol. The van der Waals surface area contributed by atoms with Crippen LogP contribution in [0.3, 0.4) is 0 Å². The van der Waals surface area contributed by atoms with Crippen molar-refractivity contribution in [2.45, 2.75) is 12.8 Å². The summed E-state index contributed by atoms with van der Waals surface area (Å²) in [6.07, 6.45) is 0.996. The number of benzene rings is 2. The van der Waals surface area contributed by atoms with Gasteiger partial charge in [-0.15, -0.1) is 0 Å². The van der Waals surface area contributed by atoms with Gasteiger partial charge in [0.25, 0.3) is 0 Å². The van der Waals surface area contributed by atoms with Crippen molar-refractivity contribution in [3.63, 3.8) is 0 Å². The molecule has 0 unspecified atom stereocenters. The molecule has 0 saturated carbocycles. The van der Waals surface area contributed by atoms with Crippen molar-refractivity contribution in [1.29, 1.82) is 0 Å². The van der Waals surface area contributed by atoms with Crippen LogP contribution in [-0.4, -0.2) is 57.1 Å². The summed E-state index contributed by atoms with van der Waals surface area (Å²) < 4.78 is 26.7. The fraction of sp³-hybridized carbons (Fsp3) is 0.381. The fourth-order valence-electron chi connectivity index (χ4n) is 3.32. The highest BCUT2D eigenvalue weighted by atomic mass is 35.5. The fourth-order valence-corrected chi connectivity index (χ4v) is 4.78.